The number of hydrogen-bond donors (Lipinski definition) is 1. The third kappa shape index (κ3) is 31.8. The summed E-state index contributed by atoms with van der Waals surface area (Å²) in [7, 11) is -4.37. The number of rotatable bonds is 31. The summed E-state index contributed by atoms with van der Waals surface area (Å²) >= 11 is 0. The molecule has 0 heterocycles. The molecule has 0 saturated heterocycles. The molecule has 0 aromatic carbocycles. The van der Waals surface area contributed by atoms with Gasteiger partial charge in [-0.15, -0.1) is 0 Å². The second kappa shape index (κ2) is 29.6. The molecule has 0 bridgehead atoms. The van der Waals surface area contributed by atoms with E-state index < -0.39 is 10.4 Å². The van der Waals surface area contributed by atoms with Gasteiger partial charge in [-0.2, -0.15) is 8.42 Å². The van der Waals surface area contributed by atoms with Crippen LogP contribution in [0.2, 0.25) is 0 Å². The molecule has 5 heteroatoms. The van der Waals surface area contributed by atoms with Crippen molar-refractivity contribution in [1.82, 2.24) is 0 Å². The maximum absolute atomic E-state index is 11.0. The average Bonchev–Trinajstić information content (AvgIpc) is 2.89. The smallest absolute Gasteiger partial charge is 0.264 e. The van der Waals surface area contributed by atoms with Crippen molar-refractivity contribution in [2.75, 3.05) is 6.61 Å². The lowest BCUT2D eigenvalue weighted by atomic mass is 9.99. The fourth-order valence-electron chi connectivity index (χ4n) is 5.22. The van der Waals surface area contributed by atoms with Gasteiger partial charge in [0.25, 0.3) is 0 Å². The molecule has 0 rings (SSSR count). The van der Waals surface area contributed by atoms with Crippen LogP contribution in [0, 0.1) is 5.92 Å². The third-order valence-corrected chi connectivity index (χ3v) is 8.18. The van der Waals surface area contributed by atoms with E-state index in [1.807, 2.05) is 0 Å². The van der Waals surface area contributed by atoms with E-state index in [0.717, 1.165) is 19.3 Å². The summed E-state index contributed by atoms with van der Waals surface area (Å²) in [5.41, 5.74) is 0. The van der Waals surface area contributed by atoms with Crippen LogP contribution in [0.5, 0.6) is 0 Å². The summed E-state index contributed by atoms with van der Waals surface area (Å²) in [6.07, 6.45) is 39.8. The highest BCUT2D eigenvalue weighted by atomic mass is 32.3. The minimum absolute atomic E-state index is 0.0472. The fourth-order valence-corrected chi connectivity index (χ4v) is 5.57. The molecular weight excluding hydrogens is 492 g/mol. The maximum atomic E-state index is 11.0. The highest BCUT2D eigenvalue weighted by Crippen LogP contribution is 2.17. The van der Waals surface area contributed by atoms with Crippen molar-refractivity contribution in [3.8, 4) is 0 Å². The Bertz CT molecular complexity index is 588. The van der Waals surface area contributed by atoms with Gasteiger partial charge in [-0.1, -0.05) is 180 Å². The molecule has 0 aliphatic carbocycles. The van der Waals surface area contributed by atoms with Gasteiger partial charge in [0, 0.05) is 5.92 Å². The molecule has 0 saturated carbocycles. The first-order chi connectivity index (χ1) is 18.5. The molecule has 0 radical (unpaired) electrons. The zero-order valence-electron chi connectivity index (χ0n) is 25.6. The summed E-state index contributed by atoms with van der Waals surface area (Å²) in [4.78, 5) is 0. The fraction of sp³-hybridized carbons (Fsp3) is 0.939. The Morgan fingerprint density at radius 2 is 0.895 bits per heavy atom. The van der Waals surface area contributed by atoms with Crippen LogP contribution in [0.25, 0.3) is 0 Å². The molecule has 0 aliphatic heterocycles. The van der Waals surface area contributed by atoms with Crippen LogP contribution in [0.3, 0.4) is 0 Å². The summed E-state index contributed by atoms with van der Waals surface area (Å²) in [6.45, 7) is 4.58. The second-order valence-corrected chi connectivity index (χ2v) is 12.7. The first-order valence-corrected chi connectivity index (χ1v) is 18.1. The Balaban J connectivity index is 3.75. The van der Waals surface area contributed by atoms with Gasteiger partial charge in [-0.3, -0.25) is 4.55 Å². The topological polar surface area (TPSA) is 63.6 Å². The van der Waals surface area contributed by atoms with E-state index >= 15 is 0 Å². The Hall–Kier alpha value is -0.390. The zero-order chi connectivity index (χ0) is 28.0. The molecule has 1 atom stereocenters. The van der Waals surface area contributed by atoms with E-state index in [1.165, 1.54) is 154 Å². The van der Waals surface area contributed by atoms with E-state index in [-0.39, 0.29) is 12.5 Å². The van der Waals surface area contributed by atoms with Crippen molar-refractivity contribution in [1.29, 1.82) is 0 Å². The van der Waals surface area contributed by atoms with Crippen LogP contribution >= 0.6 is 0 Å². The normalized spacial score (nSPS) is 13.0. The molecule has 4 nitrogen and oxygen atoms in total. The molecular formula is C33H66O4S. The highest BCUT2D eigenvalue weighted by molar-refractivity contribution is 7.80. The van der Waals surface area contributed by atoms with Crippen LogP contribution in [0.4, 0.5) is 0 Å². The van der Waals surface area contributed by atoms with Gasteiger partial charge < -0.3 is 0 Å². The van der Waals surface area contributed by atoms with Crippen molar-refractivity contribution in [2.45, 2.75) is 187 Å². The van der Waals surface area contributed by atoms with Crippen molar-refractivity contribution in [3.63, 3.8) is 0 Å². The predicted octanol–water partition coefficient (Wildman–Crippen LogP) is 11.6. The Morgan fingerprint density at radius 1 is 0.553 bits per heavy atom. The minimum Gasteiger partial charge on any atom is -0.264 e. The maximum Gasteiger partial charge on any atom is 0.397 e. The molecule has 0 aromatic heterocycles. The molecule has 0 aromatic rings. The molecule has 228 valence electrons. The summed E-state index contributed by atoms with van der Waals surface area (Å²) in [5, 5.41) is 0. The standard InChI is InChI=1S/C33H66O4S/c1-3-5-7-9-11-13-15-16-17-18-19-20-21-23-25-27-29-31-33(32-37-38(34,35)36)30-28-26-24-22-14-12-10-8-6-4-2/h29,31,33H,3-28,30,32H2,1-2H3,(H,34,35,36)/b31-29+. The number of unbranched alkanes of at least 4 members (excludes halogenated alkanes) is 24. The lowest BCUT2D eigenvalue weighted by molar-refractivity contribution is 0.234. The third-order valence-electron chi connectivity index (χ3n) is 7.74. The van der Waals surface area contributed by atoms with Crippen molar-refractivity contribution in [3.05, 3.63) is 12.2 Å². The summed E-state index contributed by atoms with van der Waals surface area (Å²) in [5.74, 6) is 0.0577. The van der Waals surface area contributed by atoms with Crippen LogP contribution in [-0.4, -0.2) is 19.6 Å². The zero-order valence-corrected chi connectivity index (χ0v) is 26.4. The molecule has 1 N–H and O–H groups in total. The Kier molecular flexibility index (Phi) is 29.3. The summed E-state index contributed by atoms with van der Waals surface area (Å²) < 4.78 is 35.7. The van der Waals surface area contributed by atoms with E-state index in [4.69, 9.17) is 8.74 Å². The van der Waals surface area contributed by atoms with Gasteiger partial charge in [0.15, 0.2) is 0 Å². The lowest BCUT2D eigenvalue weighted by Gasteiger charge is -2.12. The molecule has 0 fully saturated rings. The monoisotopic (exact) mass is 558 g/mol. The Morgan fingerprint density at radius 3 is 1.26 bits per heavy atom. The first-order valence-electron chi connectivity index (χ1n) is 16.8. The second-order valence-electron chi connectivity index (χ2n) is 11.6. The average molecular weight is 559 g/mol. The van der Waals surface area contributed by atoms with Crippen molar-refractivity contribution < 1.29 is 17.2 Å². The van der Waals surface area contributed by atoms with Gasteiger partial charge >= 0.3 is 10.4 Å². The molecule has 1 unspecified atom stereocenters. The molecule has 0 aliphatic rings. The van der Waals surface area contributed by atoms with E-state index in [1.54, 1.807) is 0 Å². The van der Waals surface area contributed by atoms with Crippen LogP contribution in [0.1, 0.15) is 187 Å². The van der Waals surface area contributed by atoms with E-state index in [9.17, 15) is 8.42 Å². The minimum atomic E-state index is -4.37. The SMILES string of the molecule is CCCCCCCCCCCCCCCCC/C=C/C(CCCCCCCCCCCC)COS(=O)(=O)O. The van der Waals surface area contributed by atoms with Gasteiger partial charge in [0.05, 0.1) is 6.61 Å². The van der Waals surface area contributed by atoms with Crippen LogP contribution in [-0.2, 0) is 14.6 Å². The quantitative estimate of drug-likeness (QED) is 0.0522. The van der Waals surface area contributed by atoms with Gasteiger partial charge in [0.2, 0.25) is 0 Å². The van der Waals surface area contributed by atoms with Gasteiger partial charge in [-0.25, -0.2) is 4.18 Å². The first kappa shape index (κ1) is 37.6. The predicted molar refractivity (Wildman–Crippen MR) is 166 cm³/mol. The van der Waals surface area contributed by atoms with E-state index in [2.05, 4.69) is 26.0 Å². The van der Waals surface area contributed by atoms with Crippen molar-refractivity contribution >= 4 is 10.4 Å². The highest BCUT2D eigenvalue weighted by Gasteiger charge is 2.11. The lowest BCUT2D eigenvalue weighted by Crippen LogP contribution is -2.12. The van der Waals surface area contributed by atoms with Crippen LogP contribution < -0.4 is 0 Å². The van der Waals surface area contributed by atoms with Gasteiger partial charge in [-0.05, 0) is 19.3 Å². The number of hydrogen-bond acceptors (Lipinski definition) is 3. The van der Waals surface area contributed by atoms with Gasteiger partial charge in [0.1, 0.15) is 0 Å². The van der Waals surface area contributed by atoms with E-state index in [0.29, 0.717) is 0 Å². The molecule has 38 heavy (non-hydrogen) atoms. The van der Waals surface area contributed by atoms with Crippen LogP contribution in [0.15, 0.2) is 12.2 Å². The largest absolute Gasteiger partial charge is 0.397 e. The molecule has 0 amide bonds. The van der Waals surface area contributed by atoms with Crippen molar-refractivity contribution in [2.24, 2.45) is 5.92 Å². The number of allylic oxidation sites excluding steroid dienone is 1. The molecule has 0 spiro atoms. The summed E-state index contributed by atoms with van der Waals surface area (Å²) in [6, 6.07) is 0. The Labute approximate surface area is 239 Å².